The van der Waals surface area contributed by atoms with Crippen molar-refractivity contribution in [3.8, 4) is 17.0 Å². The van der Waals surface area contributed by atoms with Crippen LogP contribution in [0.1, 0.15) is 9.67 Å². The predicted molar refractivity (Wildman–Crippen MR) is 83.6 cm³/mol. The molecule has 2 aromatic carbocycles. The number of thiazole rings is 1. The fourth-order valence-corrected chi connectivity index (χ4v) is 2.65. The van der Waals surface area contributed by atoms with Crippen molar-refractivity contribution >= 4 is 22.9 Å². The molecule has 104 valence electrons. The van der Waals surface area contributed by atoms with Crippen molar-refractivity contribution in [2.24, 2.45) is 0 Å². The van der Waals surface area contributed by atoms with Gasteiger partial charge in [-0.05, 0) is 24.3 Å². The molecule has 0 aliphatic rings. The number of hydrogen-bond acceptors (Lipinski definition) is 4. The molecule has 3 aromatic rings. The molecule has 4 nitrogen and oxygen atoms in total. The fraction of sp³-hybridized carbons (Fsp3) is 0. The second-order valence-electron chi connectivity index (χ2n) is 4.40. The van der Waals surface area contributed by atoms with E-state index in [4.69, 9.17) is 0 Å². The van der Waals surface area contributed by atoms with Crippen LogP contribution in [0.25, 0.3) is 11.3 Å². The Morgan fingerprint density at radius 2 is 1.76 bits per heavy atom. The Balaban J connectivity index is 1.86. The second kappa shape index (κ2) is 5.76. The molecule has 0 aliphatic heterocycles. The third-order valence-electron chi connectivity index (χ3n) is 2.95. The molecule has 0 unspecified atom stereocenters. The van der Waals surface area contributed by atoms with Gasteiger partial charge >= 0.3 is 0 Å². The first kappa shape index (κ1) is 13.3. The summed E-state index contributed by atoms with van der Waals surface area (Å²) in [6.45, 7) is 0. The van der Waals surface area contributed by atoms with Gasteiger partial charge in [0, 0.05) is 11.3 Å². The molecular weight excluding hydrogens is 284 g/mol. The van der Waals surface area contributed by atoms with E-state index in [1.165, 1.54) is 23.5 Å². The number of aromatic nitrogens is 1. The molecule has 0 fully saturated rings. The highest BCUT2D eigenvalue weighted by atomic mass is 32.1. The lowest BCUT2D eigenvalue weighted by molar-refractivity contribution is 0.103. The topological polar surface area (TPSA) is 62.2 Å². The van der Waals surface area contributed by atoms with E-state index in [2.05, 4.69) is 10.3 Å². The van der Waals surface area contributed by atoms with Crippen molar-refractivity contribution in [3.05, 3.63) is 65.0 Å². The van der Waals surface area contributed by atoms with Gasteiger partial charge in [0.15, 0.2) is 0 Å². The Kier molecular flexibility index (Phi) is 3.66. The minimum Gasteiger partial charge on any atom is -0.508 e. The van der Waals surface area contributed by atoms with Crippen molar-refractivity contribution < 1.29 is 9.90 Å². The Hall–Kier alpha value is -2.66. The smallest absolute Gasteiger partial charge is 0.268 e. The molecule has 0 radical (unpaired) electrons. The van der Waals surface area contributed by atoms with Crippen molar-refractivity contribution in [2.75, 3.05) is 5.32 Å². The van der Waals surface area contributed by atoms with Crippen LogP contribution in [-0.4, -0.2) is 16.0 Å². The van der Waals surface area contributed by atoms with Gasteiger partial charge in [-0.3, -0.25) is 4.79 Å². The van der Waals surface area contributed by atoms with Crippen LogP contribution in [0.3, 0.4) is 0 Å². The zero-order valence-corrected chi connectivity index (χ0v) is 11.8. The van der Waals surface area contributed by atoms with E-state index >= 15 is 0 Å². The molecule has 0 bridgehead atoms. The van der Waals surface area contributed by atoms with Crippen LogP contribution in [0.5, 0.6) is 5.75 Å². The second-order valence-corrected chi connectivity index (χ2v) is 5.25. The number of anilines is 1. The van der Waals surface area contributed by atoms with E-state index in [-0.39, 0.29) is 11.7 Å². The monoisotopic (exact) mass is 296 g/mol. The first-order valence-electron chi connectivity index (χ1n) is 6.33. The van der Waals surface area contributed by atoms with Crippen molar-refractivity contribution in [3.63, 3.8) is 0 Å². The van der Waals surface area contributed by atoms with Crippen LogP contribution in [0.2, 0.25) is 0 Å². The number of amides is 1. The number of carbonyl (C=O) groups is 1. The lowest BCUT2D eigenvalue weighted by Crippen LogP contribution is -2.11. The van der Waals surface area contributed by atoms with E-state index < -0.39 is 0 Å². The van der Waals surface area contributed by atoms with Crippen LogP contribution in [-0.2, 0) is 0 Å². The number of nitrogens with one attached hydrogen (secondary N) is 1. The summed E-state index contributed by atoms with van der Waals surface area (Å²) in [5.74, 6) is -0.0437. The number of rotatable bonds is 3. The highest BCUT2D eigenvalue weighted by Gasteiger charge is 2.16. The number of benzene rings is 2. The van der Waals surface area contributed by atoms with Gasteiger partial charge in [-0.25, -0.2) is 4.98 Å². The average Bonchev–Trinajstić information content (AvgIpc) is 3.00. The first-order chi connectivity index (χ1) is 10.2. The molecule has 21 heavy (non-hydrogen) atoms. The number of hydrogen-bond donors (Lipinski definition) is 2. The van der Waals surface area contributed by atoms with Crippen molar-refractivity contribution in [1.82, 2.24) is 4.98 Å². The van der Waals surface area contributed by atoms with Crippen molar-refractivity contribution in [2.45, 2.75) is 0 Å². The number of carbonyl (C=O) groups excluding carboxylic acids is 1. The summed E-state index contributed by atoms with van der Waals surface area (Å²) >= 11 is 1.30. The Labute approximate surface area is 125 Å². The van der Waals surface area contributed by atoms with Crippen molar-refractivity contribution in [1.29, 1.82) is 0 Å². The Morgan fingerprint density at radius 3 is 2.48 bits per heavy atom. The van der Waals surface area contributed by atoms with Crippen LogP contribution in [0.15, 0.2) is 60.1 Å². The van der Waals surface area contributed by atoms with E-state index in [0.717, 1.165) is 5.56 Å². The number of phenolic OH excluding ortho intramolecular Hbond substituents is 1. The van der Waals surface area contributed by atoms with Gasteiger partial charge in [-0.15, -0.1) is 11.3 Å². The maximum Gasteiger partial charge on any atom is 0.268 e. The van der Waals surface area contributed by atoms with Crippen LogP contribution in [0.4, 0.5) is 5.69 Å². The van der Waals surface area contributed by atoms with Gasteiger partial charge in [0.25, 0.3) is 5.91 Å². The van der Waals surface area contributed by atoms with Gasteiger partial charge in [0.05, 0.1) is 11.2 Å². The number of phenols is 1. The highest BCUT2D eigenvalue weighted by Crippen LogP contribution is 2.26. The van der Waals surface area contributed by atoms with E-state index in [1.807, 2.05) is 30.3 Å². The molecule has 0 atom stereocenters. The van der Waals surface area contributed by atoms with Crippen LogP contribution < -0.4 is 5.32 Å². The summed E-state index contributed by atoms with van der Waals surface area (Å²) in [7, 11) is 0. The normalized spacial score (nSPS) is 10.3. The molecule has 3 rings (SSSR count). The summed E-state index contributed by atoms with van der Waals surface area (Å²) < 4.78 is 0. The third-order valence-corrected chi connectivity index (χ3v) is 3.77. The molecule has 5 heteroatoms. The summed E-state index contributed by atoms with van der Waals surface area (Å²) in [5.41, 5.74) is 3.88. The third kappa shape index (κ3) is 2.93. The van der Waals surface area contributed by atoms with E-state index in [0.29, 0.717) is 16.3 Å². The highest BCUT2D eigenvalue weighted by molar-refractivity contribution is 7.12. The summed E-state index contributed by atoms with van der Waals surface area (Å²) in [5, 5.41) is 12.0. The average molecular weight is 296 g/mol. The largest absolute Gasteiger partial charge is 0.508 e. The Morgan fingerprint density at radius 1 is 1.05 bits per heavy atom. The fourth-order valence-electron chi connectivity index (χ4n) is 1.94. The molecule has 1 amide bonds. The predicted octanol–water partition coefficient (Wildman–Crippen LogP) is 3.77. The SMILES string of the molecule is O=C(Nc1ccc(O)cc1)c1scnc1-c1ccccc1. The van der Waals surface area contributed by atoms with Crippen LogP contribution in [0, 0.1) is 0 Å². The molecule has 0 aliphatic carbocycles. The van der Waals surface area contributed by atoms with Crippen LogP contribution >= 0.6 is 11.3 Å². The minimum absolute atomic E-state index is 0.163. The van der Waals surface area contributed by atoms with Gasteiger partial charge in [0.1, 0.15) is 10.6 Å². The Bertz CT molecular complexity index is 751. The van der Waals surface area contributed by atoms with Gasteiger partial charge in [-0.1, -0.05) is 30.3 Å². The van der Waals surface area contributed by atoms with E-state index in [1.54, 1.807) is 17.6 Å². The molecule has 0 saturated heterocycles. The minimum atomic E-state index is -0.206. The summed E-state index contributed by atoms with van der Waals surface area (Å²) in [6.07, 6.45) is 0. The maximum atomic E-state index is 12.4. The standard InChI is InChI=1S/C16H12N2O2S/c19-13-8-6-12(7-9-13)18-16(20)15-14(17-10-21-15)11-4-2-1-3-5-11/h1-10,19H,(H,18,20). The molecule has 1 aromatic heterocycles. The molecule has 1 heterocycles. The molecular formula is C16H12N2O2S. The van der Waals surface area contributed by atoms with Gasteiger partial charge in [-0.2, -0.15) is 0 Å². The molecule has 0 spiro atoms. The lowest BCUT2D eigenvalue weighted by atomic mass is 10.1. The number of nitrogens with zero attached hydrogens (tertiary/aromatic N) is 1. The summed E-state index contributed by atoms with van der Waals surface area (Å²) in [4.78, 5) is 17.2. The molecule has 0 saturated carbocycles. The maximum absolute atomic E-state index is 12.4. The van der Waals surface area contributed by atoms with E-state index in [9.17, 15) is 9.90 Å². The number of aromatic hydroxyl groups is 1. The lowest BCUT2D eigenvalue weighted by Gasteiger charge is -2.05. The first-order valence-corrected chi connectivity index (χ1v) is 7.21. The quantitative estimate of drug-likeness (QED) is 0.723. The zero-order valence-electron chi connectivity index (χ0n) is 11.0. The van der Waals surface area contributed by atoms with Gasteiger partial charge < -0.3 is 10.4 Å². The van der Waals surface area contributed by atoms with Gasteiger partial charge in [0.2, 0.25) is 0 Å². The molecule has 2 N–H and O–H groups in total. The summed E-state index contributed by atoms with van der Waals surface area (Å²) in [6, 6.07) is 15.9. The zero-order chi connectivity index (χ0) is 14.7.